The number of carbonyl (C=O) groups excluding carboxylic acids is 1. The third-order valence-corrected chi connectivity index (χ3v) is 8.54. The monoisotopic (exact) mass is 484 g/mol. The smallest absolute Gasteiger partial charge is 0.226 e. The molecule has 1 N–H and O–H groups in total. The molecule has 0 saturated heterocycles. The van der Waals surface area contributed by atoms with Crippen molar-refractivity contribution in [3.63, 3.8) is 0 Å². The lowest BCUT2D eigenvalue weighted by Gasteiger charge is -2.61. The van der Waals surface area contributed by atoms with Crippen molar-refractivity contribution in [1.29, 1.82) is 0 Å². The Morgan fingerprint density at radius 1 is 1.16 bits per heavy atom. The molecule has 6 rings (SSSR count). The minimum absolute atomic E-state index is 0.0545. The molecule has 31 heavy (non-hydrogen) atoms. The molecular weight excluding hydrogens is 452 g/mol. The Morgan fingerprint density at radius 3 is 2.35 bits per heavy atom. The number of hydrogen-bond donors (Lipinski definition) is 1. The van der Waals surface area contributed by atoms with Crippen LogP contribution in [0, 0.1) is 17.3 Å². The van der Waals surface area contributed by atoms with E-state index in [1.807, 2.05) is 6.33 Å². The van der Waals surface area contributed by atoms with E-state index in [-0.39, 0.29) is 22.9 Å². The second-order valence-electron chi connectivity index (χ2n) is 10.7. The lowest BCUT2D eigenvalue weighted by molar-refractivity contribution is -0.156. The molecule has 6 heteroatoms. The molecule has 5 atom stereocenters. The van der Waals surface area contributed by atoms with Gasteiger partial charge in [0.25, 0.3) is 0 Å². The first-order valence-corrected chi connectivity index (χ1v) is 12.6. The minimum Gasteiger partial charge on any atom is -0.349 e. The maximum atomic E-state index is 13.8. The van der Waals surface area contributed by atoms with Gasteiger partial charge < -0.3 is 5.32 Å². The summed E-state index contributed by atoms with van der Waals surface area (Å²) >= 11 is 3.41. The van der Waals surface area contributed by atoms with Crippen LogP contribution in [0.15, 0.2) is 35.3 Å². The predicted octanol–water partition coefficient (Wildman–Crippen LogP) is 5.73. The van der Waals surface area contributed by atoms with Gasteiger partial charge in [0.2, 0.25) is 10.6 Å². The average Bonchev–Trinajstić information content (AvgIpc) is 3.18. The van der Waals surface area contributed by atoms with Gasteiger partial charge >= 0.3 is 0 Å². The Hall–Kier alpha value is -1.69. The Balaban J connectivity index is 1.39. The number of aromatic nitrogens is 3. The number of nitrogens with one attached hydrogen (secondary N) is 1. The van der Waals surface area contributed by atoms with E-state index in [0.717, 1.165) is 38.5 Å². The lowest BCUT2D eigenvalue weighted by Crippen LogP contribution is -2.61. The van der Waals surface area contributed by atoms with Crippen LogP contribution < -0.4 is 5.32 Å². The SMILES string of the molecule is CC[C@H](NC(=O)C12C[C@H]3C[C@@H](C1)CC(n1cnc(Br)n1)(C3)C2)c1ccc(C(C)C)cc1. The third kappa shape index (κ3) is 3.65. The van der Waals surface area contributed by atoms with Gasteiger partial charge in [0.05, 0.1) is 17.0 Å². The van der Waals surface area contributed by atoms with Crippen molar-refractivity contribution < 1.29 is 4.79 Å². The summed E-state index contributed by atoms with van der Waals surface area (Å²) in [5, 5.41) is 8.10. The van der Waals surface area contributed by atoms with Gasteiger partial charge in [-0.15, -0.1) is 5.10 Å². The van der Waals surface area contributed by atoms with E-state index in [1.165, 1.54) is 17.5 Å². The minimum atomic E-state index is -0.270. The highest BCUT2D eigenvalue weighted by Crippen LogP contribution is 2.64. The van der Waals surface area contributed by atoms with Gasteiger partial charge in [-0.2, -0.15) is 0 Å². The van der Waals surface area contributed by atoms with Crippen LogP contribution in [0.2, 0.25) is 0 Å². The van der Waals surface area contributed by atoms with E-state index in [2.05, 4.69) is 81.0 Å². The second-order valence-corrected chi connectivity index (χ2v) is 11.4. The fraction of sp³-hybridized carbons (Fsp3) is 0.640. The molecule has 4 saturated carbocycles. The van der Waals surface area contributed by atoms with Crippen molar-refractivity contribution in [3.05, 3.63) is 46.5 Å². The van der Waals surface area contributed by atoms with Crippen LogP contribution in [0.4, 0.5) is 0 Å². The summed E-state index contributed by atoms with van der Waals surface area (Å²) in [7, 11) is 0. The molecule has 4 aliphatic rings. The van der Waals surface area contributed by atoms with Crippen molar-refractivity contribution in [3.8, 4) is 0 Å². The molecule has 5 nitrogen and oxygen atoms in total. The van der Waals surface area contributed by atoms with Gasteiger partial charge in [0, 0.05) is 0 Å². The summed E-state index contributed by atoms with van der Waals surface area (Å²) in [4.78, 5) is 18.2. The number of halogens is 1. The van der Waals surface area contributed by atoms with Gasteiger partial charge in [0.15, 0.2) is 0 Å². The highest BCUT2D eigenvalue weighted by molar-refractivity contribution is 9.10. The van der Waals surface area contributed by atoms with Gasteiger partial charge in [-0.25, -0.2) is 9.67 Å². The van der Waals surface area contributed by atoms with Crippen molar-refractivity contribution in [2.75, 3.05) is 0 Å². The number of nitrogens with zero attached hydrogens (tertiary/aromatic N) is 3. The van der Waals surface area contributed by atoms with Crippen LogP contribution in [-0.4, -0.2) is 20.7 Å². The molecule has 1 amide bonds. The first-order chi connectivity index (χ1) is 14.8. The zero-order valence-corrected chi connectivity index (χ0v) is 20.4. The Bertz CT molecular complexity index is 952. The molecule has 4 aliphatic carbocycles. The first-order valence-electron chi connectivity index (χ1n) is 11.8. The van der Waals surface area contributed by atoms with E-state index in [4.69, 9.17) is 0 Å². The Labute approximate surface area is 193 Å². The molecule has 4 fully saturated rings. The highest BCUT2D eigenvalue weighted by atomic mass is 79.9. The molecule has 166 valence electrons. The molecule has 1 aromatic carbocycles. The van der Waals surface area contributed by atoms with Crippen LogP contribution in [0.25, 0.3) is 0 Å². The molecule has 0 aliphatic heterocycles. The summed E-state index contributed by atoms with van der Waals surface area (Å²) in [6.07, 6.45) is 9.21. The fourth-order valence-electron chi connectivity index (χ4n) is 7.06. The van der Waals surface area contributed by atoms with Gasteiger partial charge in [-0.05, 0) is 89.8 Å². The van der Waals surface area contributed by atoms with Crippen molar-refractivity contribution in [1.82, 2.24) is 20.1 Å². The van der Waals surface area contributed by atoms with Crippen LogP contribution in [0.3, 0.4) is 0 Å². The van der Waals surface area contributed by atoms with E-state index < -0.39 is 0 Å². The number of amides is 1. The van der Waals surface area contributed by atoms with E-state index >= 15 is 0 Å². The zero-order valence-electron chi connectivity index (χ0n) is 18.8. The van der Waals surface area contributed by atoms with Crippen LogP contribution in [0.5, 0.6) is 0 Å². The molecule has 2 aromatic rings. The van der Waals surface area contributed by atoms with Crippen molar-refractivity contribution in [2.24, 2.45) is 17.3 Å². The van der Waals surface area contributed by atoms with Crippen molar-refractivity contribution >= 4 is 21.8 Å². The quantitative estimate of drug-likeness (QED) is 0.569. The van der Waals surface area contributed by atoms with Gasteiger partial charge in [0.1, 0.15) is 6.33 Å². The molecule has 1 heterocycles. The van der Waals surface area contributed by atoms with E-state index in [1.54, 1.807) is 0 Å². The summed E-state index contributed by atoms with van der Waals surface area (Å²) in [6.45, 7) is 6.59. The molecule has 0 radical (unpaired) electrons. The molecule has 0 spiro atoms. The lowest BCUT2D eigenvalue weighted by atomic mass is 9.46. The molecular formula is C25H33BrN4O. The number of hydrogen-bond acceptors (Lipinski definition) is 3. The predicted molar refractivity (Wildman–Crippen MR) is 125 cm³/mol. The van der Waals surface area contributed by atoms with Crippen LogP contribution >= 0.6 is 15.9 Å². The van der Waals surface area contributed by atoms with Crippen LogP contribution in [0.1, 0.15) is 88.8 Å². The van der Waals surface area contributed by atoms with E-state index in [0.29, 0.717) is 22.5 Å². The normalized spacial score (nSPS) is 32.4. The molecule has 1 aromatic heterocycles. The summed E-state index contributed by atoms with van der Waals surface area (Å²) < 4.78 is 2.70. The van der Waals surface area contributed by atoms with Gasteiger partial charge in [-0.1, -0.05) is 45.0 Å². The largest absolute Gasteiger partial charge is 0.349 e. The standard InChI is InChI=1S/C25H33BrN4O/c1-4-21(20-7-5-19(6-8-20)16(2)3)28-22(31)24-10-17-9-18(11-24)13-25(12-17,14-24)30-15-27-23(26)29-30/h5-8,15-18,21H,4,9-14H2,1-3H3,(H,28,31)/t17-,18+,21-,24?,25?/m0/s1. The maximum Gasteiger partial charge on any atom is 0.226 e. The third-order valence-electron chi connectivity index (χ3n) is 8.18. The maximum absolute atomic E-state index is 13.8. The average molecular weight is 485 g/mol. The number of rotatable bonds is 6. The van der Waals surface area contributed by atoms with Crippen molar-refractivity contribution in [2.45, 2.75) is 83.2 Å². The number of carbonyl (C=O) groups is 1. The summed E-state index contributed by atoms with van der Waals surface area (Å²) in [6, 6.07) is 8.86. The molecule has 4 bridgehead atoms. The summed E-state index contributed by atoms with van der Waals surface area (Å²) in [5.41, 5.74) is 2.22. The summed E-state index contributed by atoms with van der Waals surface area (Å²) in [5.74, 6) is 1.99. The number of benzene rings is 1. The zero-order chi connectivity index (χ0) is 21.8. The first kappa shape index (κ1) is 21.2. The Kier molecular flexibility index (Phi) is 5.27. The van der Waals surface area contributed by atoms with Gasteiger partial charge in [-0.3, -0.25) is 4.79 Å². The topological polar surface area (TPSA) is 59.8 Å². The van der Waals surface area contributed by atoms with E-state index in [9.17, 15) is 4.79 Å². The van der Waals surface area contributed by atoms with Crippen LogP contribution in [-0.2, 0) is 10.3 Å². The second kappa shape index (κ2) is 7.72. The highest BCUT2D eigenvalue weighted by Gasteiger charge is 2.61. The molecule has 2 unspecified atom stereocenters. The fourth-order valence-corrected chi connectivity index (χ4v) is 7.33. The Morgan fingerprint density at radius 2 is 1.81 bits per heavy atom.